The molecule has 0 heterocycles. The van der Waals surface area contributed by atoms with Crippen LogP contribution in [0.2, 0.25) is 5.02 Å². The van der Waals surface area contributed by atoms with Crippen molar-refractivity contribution in [3.63, 3.8) is 0 Å². The monoisotopic (exact) mass is 300 g/mol. The van der Waals surface area contributed by atoms with Crippen molar-refractivity contribution in [2.75, 3.05) is 0 Å². The lowest BCUT2D eigenvalue weighted by Gasteiger charge is -2.11. The van der Waals surface area contributed by atoms with Gasteiger partial charge >= 0.3 is 12.1 Å². The number of benzene rings is 2. The van der Waals surface area contributed by atoms with Crippen molar-refractivity contribution in [1.82, 2.24) is 0 Å². The highest BCUT2D eigenvalue weighted by molar-refractivity contribution is 6.31. The molecule has 0 unspecified atom stereocenters. The van der Waals surface area contributed by atoms with E-state index >= 15 is 0 Å². The summed E-state index contributed by atoms with van der Waals surface area (Å²) in [4.78, 5) is 10.9. The third-order valence-electron chi connectivity index (χ3n) is 2.71. The highest BCUT2D eigenvalue weighted by Gasteiger charge is 2.33. The molecule has 0 saturated carbocycles. The predicted octanol–water partition coefficient (Wildman–Crippen LogP) is 4.72. The van der Waals surface area contributed by atoms with E-state index in [1.807, 2.05) is 0 Å². The molecule has 2 nitrogen and oxygen atoms in total. The van der Waals surface area contributed by atoms with Crippen molar-refractivity contribution in [2.24, 2.45) is 0 Å². The minimum absolute atomic E-state index is 0.00556. The molecule has 2 aromatic carbocycles. The van der Waals surface area contributed by atoms with Gasteiger partial charge in [0, 0.05) is 0 Å². The van der Waals surface area contributed by atoms with Gasteiger partial charge in [-0.25, -0.2) is 4.79 Å². The Balaban J connectivity index is 2.54. The molecule has 20 heavy (non-hydrogen) atoms. The van der Waals surface area contributed by atoms with Crippen LogP contribution in [0, 0.1) is 0 Å². The second-order valence-corrected chi connectivity index (χ2v) is 4.49. The normalized spacial score (nSPS) is 11.4. The maximum absolute atomic E-state index is 12.8. The lowest BCUT2D eigenvalue weighted by atomic mass is 10.0. The van der Waals surface area contributed by atoms with Gasteiger partial charge in [0.2, 0.25) is 0 Å². The summed E-state index contributed by atoms with van der Waals surface area (Å²) in [7, 11) is 0. The number of hydrogen-bond donors (Lipinski definition) is 1. The van der Waals surface area contributed by atoms with Crippen LogP contribution in [0.1, 0.15) is 15.9 Å². The number of carbonyl (C=O) groups is 1. The van der Waals surface area contributed by atoms with Gasteiger partial charge in [-0.3, -0.25) is 0 Å². The minimum atomic E-state index is -4.56. The second kappa shape index (κ2) is 5.17. The molecule has 0 fully saturated rings. The Morgan fingerprint density at radius 1 is 1.05 bits per heavy atom. The smallest absolute Gasteiger partial charge is 0.417 e. The Bertz CT molecular complexity index is 666. The fourth-order valence-corrected chi connectivity index (χ4v) is 1.98. The van der Waals surface area contributed by atoms with Gasteiger partial charge in [-0.05, 0) is 35.4 Å². The lowest BCUT2D eigenvalue weighted by molar-refractivity contribution is -0.137. The highest BCUT2D eigenvalue weighted by atomic mass is 35.5. The molecule has 2 aromatic rings. The summed E-state index contributed by atoms with van der Waals surface area (Å²) in [6, 6.07) is 9.16. The Kier molecular flexibility index (Phi) is 3.72. The molecule has 0 aromatic heterocycles. The van der Waals surface area contributed by atoms with Gasteiger partial charge in [0.25, 0.3) is 0 Å². The number of halogens is 4. The summed E-state index contributed by atoms with van der Waals surface area (Å²) in [6.07, 6.45) is -4.56. The number of hydrogen-bond acceptors (Lipinski definition) is 1. The molecule has 0 aliphatic carbocycles. The molecule has 0 bridgehead atoms. The van der Waals surface area contributed by atoms with Crippen molar-refractivity contribution in [2.45, 2.75) is 6.18 Å². The molecule has 0 spiro atoms. The van der Waals surface area contributed by atoms with Gasteiger partial charge in [0.1, 0.15) is 0 Å². The zero-order valence-corrected chi connectivity index (χ0v) is 10.7. The summed E-state index contributed by atoms with van der Waals surface area (Å²) >= 11 is 5.54. The Labute approximate surface area is 117 Å². The van der Waals surface area contributed by atoms with Crippen LogP contribution < -0.4 is 0 Å². The first-order valence-electron chi connectivity index (χ1n) is 5.49. The molecule has 6 heteroatoms. The van der Waals surface area contributed by atoms with Crippen LogP contribution in [0.25, 0.3) is 11.1 Å². The predicted molar refractivity (Wildman–Crippen MR) is 68.8 cm³/mol. The van der Waals surface area contributed by atoms with Gasteiger partial charge in [0.05, 0.1) is 16.1 Å². The van der Waals surface area contributed by atoms with E-state index < -0.39 is 22.7 Å². The fourth-order valence-electron chi connectivity index (χ4n) is 1.75. The van der Waals surface area contributed by atoms with Crippen LogP contribution >= 0.6 is 11.6 Å². The SMILES string of the molecule is O=C(O)c1cccc(-c2ccc(Cl)c(C(F)(F)F)c2)c1. The number of alkyl halides is 3. The first kappa shape index (κ1) is 14.4. The molecule has 0 aliphatic rings. The Morgan fingerprint density at radius 2 is 1.70 bits per heavy atom. The molecular formula is C14H8ClF3O2. The maximum Gasteiger partial charge on any atom is 0.417 e. The van der Waals surface area contributed by atoms with Crippen molar-refractivity contribution in [1.29, 1.82) is 0 Å². The first-order valence-corrected chi connectivity index (χ1v) is 5.87. The summed E-state index contributed by atoms with van der Waals surface area (Å²) in [5.41, 5.74) is -0.305. The van der Waals surface area contributed by atoms with E-state index in [0.29, 0.717) is 5.56 Å². The third-order valence-corrected chi connectivity index (χ3v) is 3.04. The van der Waals surface area contributed by atoms with Crippen LogP contribution in [0.5, 0.6) is 0 Å². The maximum atomic E-state index is 12.8. The average Bonchev–Trinajstić information content (AvgIpc) is 2.38. The largest absolute Gasteiger partial charge is 0.478 e. The van der Waals surface area contributed by atoms with Crippen LogP contribution in [0.3, 0.4) is 0 Å². The molecular weight excluding hydrogens is 293 g/mol. The van der Waals surface area contributed by atoms with E-state index in [-0.39, 0.29) is 11.1 Å². The van der Waals surface area contributed by atoms with E-state index in [1.54, 1.807) is 0 Å². The van der Waals surface area contributed by atoms with E-state index in [9.17, 15) is 18.0 Å². The van der Waals surface area contributed by atoms with E-state index in [4.69, 9.17) is 16.7 Å². The van der Waals surface area contributed by atoms with Gasteiger partial charge in [-0.1, -0.05) is 29.8 Å². The van der Waals surface area contributed by atoms with Crippen molar-refractivity contribution in [3.8, 4) is 11.1 Å². The topological polar surface area (TPSA) is 37.3 Å². The Hall–Kier alpha value is -2.01. The standard InChI is InChI=1S/C14H8ClF3O2/c15-12-5-4-9(7-11(12)14(16,17)18)8-2-1-3-10(6-8)13(19)20/h1-7H,(H,19,20). The van der Waals surface area contributed by atoms with Gasteiger partial charge < -0.3 is 5.11 Å². The van der Waals surface area contributed by atoms with Gasteiger partial charge in [0.15, 0.2) is 0 Å². The quantitative estimate of drug-likeness (QED) is 0.871. The summed E-state index contributed by atoms with van der Waals surface area (Å²) in [6.45, 7) is 0. The molecule has 0 radical (unpaired) electrons. The fraction of sp³-hybridized carbons (Fsp3) is 0.0714. The van der Waals surface area contributed by atoms with E-state index in [0.717, 1.165) is 12.1 Å². The zero-order chi connectivity index (χ0) is 14.9. The van der Waals surface area contributed by atoms with Gasteiger partial charge in [-0.15, -0.1) is 0 Å². The second-order valence-electron chi connectivity index (χ2n) is 4.08. The zero-order valence-electron chi connectivity index (χ0n) is 9.91. The van der Waals surface area contributed by atoms with Crippen LogP contribution in [0.15, 0.2) is 42.5 Å². The number of carboxylic acid groups (broad SMARTS) is 1. The lowest BCUT2D eigenvalue weighted by Crippen LogP contribution is -2.06. The highest BCUT2D eigenvalue weighted by Crippen LogP contribution is 2.37. The van der Waals surface area contributed by atoms with E-state index in [2.05, 4.69) is 0 Å². The van der Waals surface area contributed by atoms with Crippen LogP contribution in [0.4, 0.5) is 13.2 Å². The van der Waals surface area contributed by atoms with Crippen molar-refractivity contribution < 1.29 is 23.1 Å². The van der Waals surface area contributed by atoms with Crippen LogP contribution in [-0.2, 0) is 6.18 Å². The van der Waals surface area contributed by atoms with Crippen LogP contribution in [-0.4, -0.2) is 11.1 Å². The molecule has 0 atom stereocenters. The third kappa shape index (κ3) is 2.93. The average molecular weight is 301 g/mol. The van der Waals surface area contributed by atoms with Crippen molar-refractivity contribution >= 4 is 17.6 Å². The number of rotatable bonds is 2. The van der Waals surface area contributed by atoms with Gasteiger partial charge in [-0.2, -0.15) is 13.2 Å². The molecule has 0 saturated heterocycles. The number of carboxylic acids is 1. The van der Waals surface area contributed by atoms with E-state index in [1.165, 1.54) is 30.3 Å². The molecule has 0 aliphatic heterocycles. The summed E-state index contributed by atoms with van der Waals surface area (Å²) in [5, 5.41) is 8.49. The number of aromatic carboxylic acids is 1. The Morgan fingerprint density at radius 3 is 2.30 bits per heavy atom. The minimum Gasteiger partial charge on any atom is -0.478 e. The molecule has 1 N–H and O–H groups in total. The summed E-state index contributed by atoms with van der Waals surface area (Å²) in [5.74, 6) is -1.14. The molecule has 0 amide bonds. The molecule has 104 valence electrons. The van der Waals surface area contributed by atoms with Crippen molar-refractivity contribution in [3.05, 3.63) is 58.6 Å². The summed E-state index contributed by atoms with van der Waals surface area (Å²) < 4.78 is 38.3. The first-order chi connectivity index (χ1) is 9.29. The molecule has 2 rings (SSSR count).